The molecule has 0 fully saturated rings. The monoisotopic (exact) mass is 242 g/mol. The molecule has 0 bridgehead atoms. The van der Waals surface area contributed by atoms with Gasteiger partial charge in [-0.1, -0.05) is 0 Å². The van der Waals surface area contributed by atoms with Crippen LogP contribution in [-0.4, -0.2) is 10.9 Å². The highest BCUT2D eigenvalue weighted by Gasteiger charge is 2.24. The molecule has 3 nitrogen and oxygen atoms in total. The van der Waals surface area contributed by atoms with Crippen LogP contribution in [0.5, 0.6) is 0 Å². The maximum absolute atomic E-state index is 11.8. The third-order valence-corrected chi connectivity index (χ3v) is 3.55. The fourth-order valence-corrected chi connectivity index (χ4v) is 2.65. The Morgan fingerprint density at radius 2 is 2.24 bits per heavy atom. The molecule has 0 unspecified atom stereocenters. The van der Waals surface area contributed by atoms with Gasteiger partial charge in [0.2, 0.25) is 0 Å². The third kappa shape index (κ3) is 1.76. The normalized spacial score (nSPS) is 16.1. The molecule has 84 valence electrons. The molecule has 0 aromatic carbocycles. The molecule has 2 aromatic rings. The van der Waals surface area contributed by atoms with Crippen LogP contribution in [0.25, 0.3) is 11.6 Å². The molecule has 0 radical (unpaired) electrons. The van der Waals surface area contributed by atoms with Gasteiger partial charge >= 0.3 is 0 Å². The average Bonchev–Trinajstić information content (AvgIpc) is 2.85. The van der Waals surface area contributed by atoms with Gasteiger partial charge in [-0.05, 0) is 37.3 Å². The van der Waals surface area contributed by atoms with Crippen molar-refractivity contribution in [2.24, 2.45) is 0 Å². The minimum Gasteiger partial charge on any atom is -0.320 e. The van der Waals surface area contributed by atoms with E-state index in [2.05, 4.69) is 10.3 Å². The Kier molecular flexibility index (Phi) is 2.30. The molecular weight excluding hydrogens is 232 g/mol. The summed E-state index contributed by atoms with van der Waals surface area (Å²) in [4.78, 5) is 18.4. The van der Waals surface area contributed by atoms with Crippen molar-refractivity contribution in [3.63, 3.8) is 0 Å². The number of aromatic nitrogens is 1. The van der Waals surface area contributed by atoms with E-state index in [0.29, 0.717) is 5.57 Å². The standard InChI is InChI=1S/C13H10N2OS/c1-8-4-5-9(17-8)7-10-12-11(15-13(10)16)3-2-6-14-12/h2-7H,1H3,(H,15,16). The highest BCUT2D eigenvalue weighted by Crippen LogP contribution is 2.31. The molecular formula is C13H10N2OS. The van der Waals surface area contributed by atoms with Crippen LogP contribution < -0.4 is 5.32 Å². The van der Waals surface area contributed by atoms with E-state index in [-0.39, 0.29) is 5.91 Å². The molecule has 0 atom stereocenters. The number of nitrogens with zero attached hydrogens (tertiary/aromatic N) is 1. The van der Waals surface area contributed by atoms with Crippen LogP contribution in [0.1, 0.15) is 15.4 Å². The van der Waals surface area contributed by atoms with E-state index in [1.165, 1.54) is 4.88 Å². The van der Waals surface area contributed by atoms with Crippen molar-refractivity contribution in [2.45, 2.75) is 6.92 Å². The maximum Gasteiger partial charge on any atom is 0.258 e. The first kappa shape index (κ1) is 10.2. The van der Waals surface area contributed by atoms with E-state index >= 15 is 0 Å². The smallest absolute Gasteiger partial charge is 0.258 e. The molecule has 0 saturated carbocycles. The van der Waals surface area contributed by atoms with Gasteiger partial charge in [-0.3, -0.25) is 9.78 Å². The van der Waals surface area contributed by atoms with E-state index in [1.54, 1.807) is 17.5 Å². The summed E-state index contributed by atoms with van der Waals surface area (Å²) in [5.41, 5.74) is 2.17. The lowest BCUT2D eigenvalue weighted by atomic mass is 10.1. The van der Waals surface area contributed by atoms with Crippen molar-refractivity contribution in [3.8, 4) is 0 Å². The minimum absolute atomic E-state index is 0.0789. The second-order valence-electron chi connectivity index (χ2n) is 3.86. The molecule has 0 aliphatic carbocycles. The zero-order valence-corrected chi connectivity index (χ0v) is 10.0. The molecule has 1 aliphatic heterocycles. The molecule has 1 amide bonds. The van der Waals surface area contributed by atoms with Crippen molar-refractivity contribution in [2.75, 3.05) is 5.32 Å². The number of carbonyl (C=O) groups is 1. The van der Waals surface area contributed by atoms with Gasteiger partial charge in [0.05, 0.1) is 17.0 Å². The summed E-state index contributed by atoms with van der Waals surface area (Å²) in [6, 6.07) is 7.74. The molecule has 1 aliphatic rings. The lowest BCUT2D eigenvalue weighted by molar-refractivity contribution is -0.110. The molecule has 17 heavy (non-hydrogen) atoms. The lowest BCUT2D eigenvalue weighted by Crippen LogP contribution is -2.03. The molecule has 4 heteroatoms. The van der Waals surface area contributed by atoms with E-state index in [0.717, 1.165) is 16.3 Å². The number of nitrogens with one attached hydrogen (secondary N) is 1. The zero-order valence-electron chi connectivity index (χ0n) is 9.23. The summed E-state index contributed by atoms with van der Waals surface area (Å²) >= 11 is 1.67. The third-order valence-electron chi connectivity index (χ3n) is 2.60. The van der Waals surface area contributed by atoms with Crippen LogP contribution in [0.3, 0.4) is 0 Å². The second kappa shape index (κ2) is 3.82. The number of rotatable bonds is 1. The summed E-state index contributed by atoms with van der Waals surface area (Å²) in [6.07, 6.45) is 3.60. The van der Waals surface area contributed by atoms with Gasteiger partial charge in [-0.15, -0.1) is 11.3 Å². The van der Waals surface area contributed by atoms with Gasteiger partial charge in [-0.2, -0.15) is 0 Å². The summed E-state index contributed by atoms with van der Waals surface area (Å²) in [6.45, 7) is 2.05. The lowest BCUT2D eigenvalue weighted by Gasteiger charge is -1.94. The van der Waals surface area contributed by atoms with Crippen LogP contribution >= 0.6 is 11.3 Å². The van der Waals surface area contributed by atoms with Crippen molar-refractivity contribution in [1.82, 2.24) is 4.98 Å². The fourth-order valence-electron chi connectivity index (χ4n) is 1.83. The number of amides is 1. The minimum atomic E-state index is -0.0789. The number of carbonyl (C=O) groups excluding carboxylic acids is 1. The van der Waals surface area contributed by atoms with Crippen molar-refractivity contribution < 1.29 is 4.79 Å². The molecule has 3 rings (SSSR count). The zero-order chi connectivity index (χ0) is 11.8. The quantitative estimate of drug-likeness (QED) is 0.781. The average molecular weight is 242 g/mol. The first-order valence-corrected chi connectivity index (χ1v) is 6.10. The largest absolute Gasteiger partial charge is 0.320 e. The maximum atomic E-state index is 11.8. The number of pyridine rings is 1. The molecule has 3 heterocycles. The van der Waals surface area contributed by atoms with Gasteiger partial charge in [0.25, 0.3) is 5.91 Å². The Balaban J connectivity index is 2.09. The number of hydrogen-bond acceptors (Lipinski definition) is 3. The predicted molar refractivity (Wildman–Crippen MR) is 69.8 cm³/mol. The number of hydrogen-bond donors (Lipinski definition) is 1. The Bertz CT molecular complexity index is 628. The first-order chi connectivity index (χ1) is 8.24. The SMILES string of the molecule is Cc1ccc(C=C2C(=O)Nc3cccnc32)s1. The number of anilines is 1. The molecule has 0 spiro atoms. The fraction of sp³-hybridized carbons (Fsp3) is 0.0769. The Labute approximate surface area is 103 Å². The van der Waals surface area contributed by atoms with Crippen LogP contribution in [0.15, 0.2) is 30.5 Å². The van der Waals surface area contributed by atoms with Gasteiger partial charge in [-0.25, -0.2) is 0 Å². The van der Waals surface area contributed by atoms with Crippen LogP contribution in [0.4, 0.5) is 5.69 Å². The summed E-state index contributed by atoms with van der Waals surface area (Å²) < 4.78 is 0. The van der Waals surface area contributed by atoms with E-state index in [1.807, 2.05) is 37.3 Å². The second-order valence-corrected chi connectivity index (χ2v) is 5.18. The number of thiophene rings is 1. The van der Waals surface area contributed by atoms with Crippen LogP contribution in [-0.2, 0) is 4.79 Å². The number of fused-ring (bicyclic) bond motifs is 1. The van der Waals surface area contributed by atoms with Crippen molar-refractivity contribution in [1.29, 1.82) is 0 Å². The van der Waals surface area contributed by atoms with Crippen molar-refractivity contribution >= 4 is 34.6 Å². The van der Waals surface area contributed by atoms with Gasteiger partial charge in [0.1, 0.15) is 0 Å². The predicted octanol–water partition coefficient (Wildman–Crippen LogP) is 2.94. The summed E-state index contributed by atoms with van der Waals surface area (Å²) in [7, 11) is 0. The van der Waals surface area contributed by atoms with Crippen LogP contribution in [0, 0.1) is 6.92 Å². The van der Waals surface area contributed by atoms with E-state index in [4.69, 9.17) is 0 Å². The van der Waals surface area contributed by atoms with Gasteiger partial charge in [0.15, 0.2) is 0 Å². The first-order valence-electron chi connectivity index (χ1n) is 5.29. The summed E-state index contributed by atoms with van der Waals surface area (Å²) in [5.74, 6) is -0.0789. The molecule has 0 saturated heterocycles. The molecule has 2 aromatic heterocycles. The highest BCUT2D eigenvalue weighted by atomic mass is 32.1. The van der Waals surface area contributed by atoms with Crippen LogP contribution in [0.2, 0.25) is 0 Å². The molecule has 1 N–H and O–H groups in total. The van der Waals surface area contributed by atoms with Crippen molar-refractivity contribution in [3.05, 3.63) is 45.9 Å². The van der Waals surface area contributed by atoms with E-state index in [9.17, 15) is 4.79 Å². The summed E-state index contributed by atoms with van der Waals surface area (Å²) in [5, 5.41) is 2.81. The Morgan fingerprint density at radius 1 is 1.35 bits per heavy atom. The Hall–Kier alpha value is -1.94. The van der Waals surface area contributed by atoms with Gasteiger partial charge in [0, 0.05) is 16.0 Å². The number of aryl methyl sites for hydroxylation is 1. The van der Waals surface area contributed by atoms with Gasteiger partial charge < -0.3 is 5.32 Å². The topological polar surface area (TPSA) is 42.0 Å². The highest BCUT2D eigenvalue weighted by molar-refractivity contribution is 7.12. The Morgan fingerprint density at radius 3 is 3.00 bits per heavy atom. The van der Waals surface area contributed by atoms with E-state index < -0.39 is 0 Å².